The number of sulfone groups is 1. The molecule has 1 aromatic rings. The van der Waals surface area contributed by atoms with E-state index in [1.165, 1.54) is 28.6 Å². The van der Waals surface area contributed by atoms with Gasteiger partial charge in [0.25, 0.3) is 0 Å². The molecule has 0 spiro atoms. The molecule has 1 saturated heterocycles. The standard InChI is InChI=1S/C11H14ClNO4S2/c1-18(14,15)13-7-6-11(8-13)19(16,17)10-4-2-9(12)3-5-10/h2-5,11H,6-8H2,1H3. The topological polar surface area (TPSA) is 71.5 Å². The fraction of sp³-hybridized carbons (Fsp3) is 0.455. The van der Waals surface area contributed by atoms with Crippen molar-refractivity contribution in [2.45, 2.75) is 16.6 Å². The third-order valence-electron chi connectivity index (χ3n) is 3.16. The minimum Gasteiger partial charge on any atom is -0.223 e. The Morgan fingerprint density at radius 2 is 1.74 bits per heavy atom. The van der Waals surface area contributed by atoms with Crippen LogP contribution in [0, 0.1) is 0 Å². The zero-order valence-electron chi connectivity index (χ0n) is 10.3. The second-order valence-corrected chi connectivity index (χ2v) is 9.18. The van der Waals surface area contributed by atoms with Crippen LogP contribution in [0.1, 0.15) is 6.42 Å². The number of sulfonamides is 1. The first-order chi connectivity index (χ1) is 8.71. The van der Waals surface area contributed by atoms with Crippen LogP contribution in [0.15, 0.2) is 29.2 Å². The molecule has 0 bridgehead atoms. The van der Waals surface area contributed by atoms with E-state index in [9.17, 15) is 16.8 Å². The van der Waals surface area contributed by atoms with E-state index < -0.39 is 25.1 Å². The van der Waals surface area contributed by atoms with Crippen molar-refractivity contribution in [3.05, 3.63) is 29.3 Å². The molecule has 0 amide bonds. The predicted molar refractivity (Wildman–Crippen MR) is 73.5 cm³/mol. The van der Waals surface area contributed by atoms with E-state index in [0.29, 0.717) is 11.4 Å². The fourth-order valence-corrected chi connectivity index (χ4v) is 4.87. The van der Waals surface area contributed by atoms with E-state index in [-0.39, 0.29) is 18.0 Å². The molecule has 1 heterocycles. The molecule has 0 aliphatic carbocycles. The van der Waals surface area contributed by atoms with Gasteiger partial charge in [0.15, 0.2) is 9.84 Å². The lowest BCUT2D eigenvalue weighted by atomic mass is 10.4. The SMILES string of the molecule is CS(=O)(=O)N1CCC(S(=O)(=O)c2ccc(Cl)cc2)C1. The minimum absolute atomic E-state index is 0.0177. The van der Waals surface area contributed by atoms with Gasteiger partial charge >= 0.3 is 0 Å². The highest BCUT2D eigenvalue weighted by Crippen LogP contribution is 2.26. The highest BCUT2D eigenvalue weighted by molar-refractivity contribution is 7.92. The van der Waals surface area contributed by atoms with Gasteiger partial charge in [0.05, 0.1) is 16.4 Å². The molecule has 1 aliphatic heterocycles. The van der Waals surface area contributed by atoms with Gasteiger partial charge in [-0.3, -0.25) is 0 Å². The summed E-state index contributed by atoms with van der Waals surface area (Å²) < 4.78 is 48.7. The largest absolute Gasteiger partial charge is 0.223 e. The van der Waals surface area contributed by atoms with Crippen LogP contribution in [-0.4, -0.2) is 45.7 Å². The van der Waals surface area contributed by atoms with Crippen LogP contribution < -0.4 is 0 Å². The minimum atomic E-state index is -3.51. The van der Waals surface area contributed by atoms with Gasteiger partial charge in [-0.05, 0) is 30.7 Å². The van der Waals surface area contributed by atoms with Gasteiger partial charge in [0.2, 0.25) is 10.0 Å². The van der Waals surface area contributed by atoms with Crippen molar-refractivity contribution in [2.24, 2.45) is 0 Å². The molecule has 19 heavy (non-hydrogen) atoms. The van der Waals surface area contributed by atoms with Crippen molar-refractivity contribution in [3.63, 3.8) is 0 Å². The number of halogens is 1. The van der Waals surface area contributed by atoms with Crippen molar-refractivity contribution in [1.29, 1.82) is 0 Å². The van der Waals surface area contributed by atoms with E-state index in [1.807, 2.05) is 0 Å². The van der Waals surface area contributed by atoms with Crippen LogP contribution >= 0.6 is 11.6 Å². The Morgan fingerprint density at radius 3 is 2.21 bits per heavy atom. The van der Waals surface area contributed by atoms with E-state index in [2.05, 4.69) is 0 Å². The molecule has 5 nitrogen and oxygen atoms in total. The third kappa shape index (κ3) is 3.10. The molecule has 0 aromatic heterocycles. The summed E-state index contributed by atoms with van der Waals surface area (Å²) in [6.07, 6.45) is 1.41. The van der Waals surface area contributed by atoms with E-state index in [4.69, 9.17) is 11.6 Å². The molecule has 2 rings (SSSR count). The first kappa shape index (κ1) is 14.8. The first-order valence-corrected chi connectivity index (χ1v) is 9.43. The second-order valence-electron chi connectivity index (χ2n) is 4.53. The van der Waals surface area contributed by atoms with Gasteiger partial charge in [-0.25, -0.2) is 21.1 Å². The van der Waals surface area contributed by atoms with Crippen LogP contribution in [0.4, 0.5) is 0 Å². The molecular formula is C11H14ClNO4S2. The van der Waals surface area contributed by atoms with Gasteiger partial charge in [-0.1, -0.05) is 11.6 Å². The number of nitrogens with zero attached hydrogens (tertiary/aromatic N) is 1. The van der Waals surface area contributed by atoms with Crippen molar-refractivity contribution >= 4 is 31.5 Å². The first-order valence-electron chi connectivity index (χ1n) is 5.66. The molecule has 0 radical (unpaired) electrons. The van der Waals surface area contributed by atoms with Gasteiger partial charge in [-0.2, -0.15) is 0 Å². The monoisotopic (exact) mass is 323 g/mol. The predicted octanol–water partition coefficient (Wildman–Crippen LogP) is 1.15. The summed E-state index contributed by atoms with van der Waals surface area (Å²) in [7, 11) is -6.85. The molecule has 106 valence electrons. The van der Waals surface area contributed by atoms with Crippen LogP contribution in [0.2, 0.25) is 5.02 Å². The maximum Gasteiger partial charge on any atom is 0.211 e. The summed E-state index contributed by atoms with van der Waals surface area (Å²) in [5.74, 6) is 0. The van der Waals surface area contributed by atoms with Crippen molar-refractivity contribution in [3.8, 4) is 0 Å². The Bertz CT molecular complexity index is 667. The summed E-state index contributed by atoms with van der Waals surface area (Å²) in [5, 5.41) is -0.230. The van der Waals surface area contributed by atoms with Crippen molar-refractivity contribution in [1.82, 2.24) is 4.31 Å². The Hall–Kier alpha value is -0.630. The Kier molecular flexibility index (Phi) is 3.92. The van der Waals surface area contributed by atoms with Crippen LogP contribution in [0.25, 0.3) is 0 Å². The van der Waals surface area contributed by atoms with Crippen molar-refractivity contribution < 1.29 is 16.8 Å². The van der Waals surface area contributed by atoms with Crippen molar-refractivity contribution in [2.75, 3.05) is 19.3 Å². The fourth-order valence-electron chi connectivity index (χ4n) is 2.07. The number of hydrogen-bond donors (Lipinski definition) is 0. The highest BCUT2D eigenvalue weighted by atomic mass is 35.5. The maximum absolute atomic E-state index is 12.4. The molecule has 8 heteroatoms. The van der Waals surface area contributed by atoms with E-state index in [0.717, 1.165) is 6.26 Å². The molecule has 1 atom stereocenters. The summed E-state index contributed by atoms with van der Waals surface area (Å²) in [6.45, 7) is 0.264. The molecule has 0 saturated carbocycles. The summed E-state index contributed by atoms with van der Waals surface area (Å²) in [5.41, 5.74) is 0. The zero-order valence-corrected chi connectivity index (χ0v) is 12.7. The smallest absolute Gasteiger partial charge is 0.211 e. The van der Waals surface area contributed by atoms with Gasteiger partial charge in [0, 0.05) is 18.1 Å². The molecular weight excluding hydrogens is 310 g/mol. The maximum atomic E-state index is 12.4. The average Bonchev–Trinajstić information content (AvgIpc) is 2.79. The van der Waals surface area contributed by atoms with Gasteiger partial charge in [-0.15, -0.1) is 0 Å². The lowest BCUT2D eigenvalue weighted by Gasteiger charge is -2.14. The normalized spacial score (nSPS) is 21.7. The molecule has 1 fully saturated rings. The highest BCUT2D eigenvalue weighted by Gasteiger charge is 2.37. The molecule has 0 N–H and O–H groups in total. The summed E-state index contributed by atoms with van der Waals surface area (Å²) in [4.78, 5) is 0.178. The number of hydrogen-bond acceptors (Lipinski definition) is 4. The number of benzene rings is 1. The molecule has 1 aromatic carbocycles. The lowest BCUT2D eigenvalue weighted by molar-refractivity contribution is 0.482. The van der Waals surface area contributed by atoms with Crippen LogP contribution in [-0.2, 0) is 19.9 Å². The zero-order chi connectivity index (χ0) is 14.3. The van der Waals surface area contributed by atoms with E-state index in [1.54, 1.807) is 0 Å². The quantitative estimate of drug-likeness (QED) is 0.836. The third-order valence-corrected chi connectivity index (χ3v) is 6.87. The lowest BCUT2D eigenvalue weighted by Crippen LogP contribution is -2.31. The van der Waals surface area contributed by atoms with Crippen LogP contribution in [0.3, 0.4) is 0 Å². The van der Waals surface area contributed by atoms with Crippen LogP contribution in [0.5, 0.6) is 0 Å². The van der Waals surface area contributed by atoms with Gasteiger partial charge in [0.1, 0.15) is 0 Å². The molecule has 1 aliphatic rings. The Balaban J connectivity index is 2.25. The molecule has 1 unspecified atom stereocenters. The second kappa shape index (κ2) is 5.05. The summed E-state index contributed by atoms with van der Waals surface area (Å²) >= 11 is 5.72. The van der Waals surface area contributed by atoms with E-state index >= 15 is 0 Å². The Labute approximate surface area is 118 Å². The summed E-state index contributed by atoms with van der Waals surface area (Å²) in [6, 6.07) is 5.91. The number of rotatable bonds is 3. The van der Waals surface area contributed by atoms with Gasteiger partial charge < -0.3 is 0 Å². The average molecular weight is 324 g/mol. The Morgan fingerprint density at radius 1 is 1.16 bits per heavy atom.